The van der Waals surface area contributed by atoms with Crippen molar-refractivity contribution >= 4 is 23.2 Å². The number of rotatable bonds is 6. The third-order valence-electron chi connectivity index (χ3n) is 5.26. The molecule has 1 aliphatic rings. The molecular formula is C23H21FN6O. The maximum Gasteiger partial charge on any atom is 0.269 e. The molecule has 0 saturated heterocycles. The number of aromatic nitrogens is 3. The number of carbonyl (C=O) groups excluding carboxylic acids is 1. The lowest BCUT2D eigenvalue weighted by Gasteiger charge is -2.23. The standard InChI is InChI=1S/C23H21FN6O/c1-15-8-18(11-19(24)9-15)21-5-6-27-30(21)23(31)16(2)4-3-7-29-22-10-17(12-25)13-26-20(22)14-28-29/h6,8-11,13-14,21H,2-5,7H2,1H3. The second-order valence-electron chi connectivity index (χ2n) is 7.58. The number of nitriles is 1. The zero-order valence-corrected chi connectivity index (χ0v) is 17.1. The summed E-state index contributed by atoms with van der Waals surface area (Å²) in [6, 6.07) is 8.27. The Balaban J connectivity index is 1.40. The van der Waals surface area contributed by atoms with Gasteiger partial charge in [0.05, 0.1) is 23.3 Å². The minimum Gasteiger partial charge on any atom is -0.268 e. The number of hydrazone groups is 1. The van der Waals surface area contributed by atoms with E-state index in [4.69, 9.17) is 5.26 Å². The minimum absolute atomic E-state index is 0.264. The molecule has 4 rings (SSSR count). The van der Waals surface area contributed by atoms with Crippen LogP contribution in [0.1, 0.15) is 42.0 Å². The normalized spacial score (nSPS) is 15.4. The van der Waals surface area contributed by atoms with Gasteiger partial charge < -0.3 is 0 Å². The van der Waals surface area contributed by atoms with Gasteiger partial charge in [0, 0.05) is 31.0 Å². The maximum atomic E-state index is 13.8. The van der Waals surface area contributed by atoms with Crippen LogP contribution in [0.2, 0.25) is 0 Å². The van der Waals surface area contributed by atoms with Gasteiger partial charge in [0.15, 0.2) is 0 Å². The summed E-state index contributed by atoms with van der Waals surface area (Å²) in [5, 5.41) is 19.0. The molecule has 8 heteroatoms. The first kappa shape index (κ1) is 20.4. The van der Waals surface area contributed by atoms with Gasteiger partial charge in [-0.25, -0.2) is 9.40 Å². The fourth-order valence-electron chi connectivity index (χ4n) is 3.75. The Morgan fingerprint density at radius 2 is 2.16 bits per heavy atom. The van der Waals surface area contributed by atoms with Crippen molar-refractivity contribution in [3.05, 3.63) is 71.3 Å². The predicted molar refractivity (Wildman–Crippen MR) is 114 cm³/mol. The summed E-state index contributed by atoms with van der Waals surface area (Å²) in [7, 11) is 0. The highest BCUT2D eigenvalue weighted by Crippen LogP contribution is 2.31. The minimum atomic E-state index is -0.329. The summed E-state index contributed by atoms with van der Waals surface area (Å²) in [5.74, 6) is -0.590. The molecule has 1 aliphatic heterocycles. The van der Waals surface area contributed by atoms with Gasteiger partial charge in [-0.15, -0.1) is 0 Å². The van der Waals surface area contributed by atoms with Crippen molar-refractivity contribution in [1.82, 2.24) is 19.8 Å². The summed E-state index contributed by atoms with van der Waals surface area (Å²) < 4.78 is 15.6. The fourth-order valence-corrected chi connectivity index (χ4v) is 3.75. The molecule has 31 heavy (non-hydrogen) atoms. The van der Waals surface area contributed by atoms with Crippen LogP contribution in [-0.2, 0) is 11.3 Å². The summed E-state index contributed by atoms with van der Waals surface area (Å²) in [6.07, 6.45) is 6.48. The van der Waals surface area contributed by atoms with Crippen LogP contribution in [0, 0.1) is 24.1 Å². The predicted octanol–water partition coefficient (Wildman–Crippen LogP) is 4.05. The quantitative estimate of drug-likeness (QED) is 0.567. The van der Waals surface area contributed by atoms with Gasteiger partial charge >= 0.3 is 0 Å². The van der Waals surface area contributed by atoms with E-state index in [2.05, 4.69) is 27.8 Å². The van der Waals surface area contributed by atoms with E-state index < -0.39 is 0 Å². The molecule has 156 valence electrons. The number of amides is 1. The molecular weight excluding hydrogens is 395 g/mol. The molecule has 0 bridgehead atoms. The number of halogens is 1. The van der Waals surface area contributed by atoms with E-state index in [1.165, 1.54) is 23.3 Å². The number of benzene rings is 1. The number of pyridine rings is 1. The number of hydrogen-bond acceptors (Lipinski definition) is 5. The molecule has 3 aromatic rings. The first-order valence-electron chi connectivity index (χ1n) is 9.99. The topological polar surface area (TPSA) is 87.2 Å². The van der Waals surface area contributed by atoms with E-state index in [0.717, 1.165) is 16.6 Å². The van der Waals surface area contributed by atoms with Crippen LogP contribution in [0.5, 0.6) is 0 Å². The number of aryl methyl sites for hydroxylation is 2. The van der Waals surface area contributed by atoms with Crippen molar-refractivity contribution in [2.24, 2.45) is 5.10 Å². The second-order valence-corrected chi connectivity index (χ2v) is 7.58. The molecule has 1 unspecified atom stereocenters. The van der Waals surface area contributed by atoms with Crippen molar-refractivity contribution in [1.29, 1.82) is 5.26 Å². The molecule has 0 spiro atoms. The Hall–Kier alpha value is -3.86. The van der Waals surface area contributed by atoms with Crippen LogP contribution in [-0.4, -0.2) is 31.9 Å². The first-order valence-corrected chi connectivity index (χ1v) is 9.99. The molecule has 1 atom stereocenters. The molecule has 0 fully saturated rings. The number of fused-ring (bicyclic) bond motifs is 1. The van der Waals surface area contributed by atoms with Crippen molar-refractivity contribution in [3.63, 3.8) is 0 Å². The molecule has 7 nitrogen and oxygen atoms in total. The summed E-state index contributed by atoms with van der Waals surface area (Å²) >= 11 is 0. The average molecular weight is 416 g/mol. The lowest BCUT2D eigenvalue weighted by atomic mass is 10.0. The second kappa shape index (κ2) is 8.48. The zero-order valence-electron chi connectivity index (χ0n) is 17.1. The number of carbonyl (C=O) groups is 1. The zero-order chi connectivity index (χ0) is 22.0. The Labute approximate surface area is 179 Å². The van der Waals surface area contributed by atoms with Gasteiger partial charge in [-0.3, -0.25) is 14.5 Å². The molecule has 3 heterocycles. The summed E-state index contributed by atoms with van der Waals surface area (Å²) in [6.45, 7) is 6.33. The van der Waals surface area contributed by atoms with Gasteiger partial charge in [0.2, 0.25) is 0 Å². The fraction of sp³-hybridized carbons (Fsp3) is 0.261. The number of hydrogen-bond donors (Lipinski definition) is 0. The van der Waals surface area contributed by atoms with Gasteiger partial charge in [0.25, 0.3) is 5.91 Å². The largest absolute Gasteiger partial charge is 0.269 e. The monoisotopic (exact) mass is 416 g/mol. The van der Waals surface area contributed by atoms with Crippen molar-refractivity contribution < 1.29 is 9.18 Å². The third kappa shape index (κ3) is 4.21. The summed E-state index contributed by atoms with van der Waals surface area (Å²) in [5.41, 5.74) is 3.92. The van der Waals surface area contributed by atoms with Crippen molar-refractivity contribution in [2.45, 2.75) is 38.8 Å². The van der Waals surface area contributed by atoms with Crippen LogP contribution in [0.25, 0.3) is 11.0 Å². The molecule has 0 saturated carbocycles. The summed E-state index contributed by atoms with van der Waals surface area (Å²) in [4.78, 5) is 17.2. The Morgan fingerprint density at radius 3 is 2.94 bits per heavy atom. The lowest BCUT2D eigenvalue weighted by molar-refractivity contribution is -0.129. The van der Waals surface area contributed by atoms with Gasteiger partial charge in [-0.2, -0.15) is 15.5 Å². The highest BCUT2D eigenvalue weighted by molar-refractivity contribution is 5.94. The van der Waals surface area contributed by atoms with E-state index in [0.29, 0.717) is 42.5 Å². The van der Waals surface area contributed by atoms with Crippen LogP contribution < -0.4 is 0 Å². The van der Waals surface area contributed by atoms with E-state index in [1.807, 2.05) is 13.0 Å². The molecule has 1 amide bonds. The van der Waals surface area contributed by atoms with Crippen LogP contribution in [0.15, 0.2) is 53.9 Å². The van der Waals surface area contributed by atoms with Gasteiger partial charge in [-0.1, -0.05) is 12.6 Å². The van der Waals surface area contributed by atoms with E-state index in [-0.39, 0.29) is 17.8 Å². The number of nitrogens with zero attached hydrogens (tertiary/aromatic N) is 6. The van der Waals surface area contributed by atoms with Crippen LogP contribution in [0.4, 0.5) is 4.39 Å². The highest BCUT2D eigenvalue weighted by atomic mass is 19.1. The molecule has 1 aromatic carbocycles. The lowest BCUT2D eigenvalue weighted by Crippen LogP contribution is -2.28. The van der Waals surface area contributed by atoms with Gasteiger partial charge in [-0.05, 0) is 49.1 Å². The average Bonchev–Trinajstić information content (AvgIpc) is 3.39. The Kier molecular flexibility index (Phi) is 5.58. The SMILES string of the molecule is C=C(CCCn1ncc2ncc(C#N)cc21)C(=O)N1N=CCC1c1cc(C)cc(F)c1. The smallest absolute Gasteiger partial charge is 0.268 e. The third-order valence-corrected chi connectivity index (χ3v) is 5.26. The molecule has 2 aromatic heterocycles. The first-order chi connectivity index (χ1) is 15.0. The van der Waals surface area contributed by atoms with E-state index in [1.54, 1.807) is 23.2 Å². The molecule has 0 N–H and O–H groups in total. The van der Waals surface area contributed by atoms with E-state index in [9.17, 15) is 9.18 Å². The maximum absolute atomic E-state index is 13.8. The Bertz CT molecular complexity index is 1220. The molecule has 0 radical (unpaired) electrons. The van der Waals surface area contributed by atoms with Crippen molar-refractivity contribution in [3.8, 4) is 6.07 Å². The Morgan fingerprint density at radius 1 is 1.32 bits per heavy atom. The van der Waals surface area contributed by atoms with Crippen molar-refractivity contribution in [2.75, 3.05) is 0 Å². The van der Waals surface area contributed by atoms with Gasteiger partial charge in [0.1, 0.15) is 17.4 Å². The van der Waals surface area contributed by atoms with Crippen LogP contribution >= 0.6 is 0 Å². The highest BCUT2D eigenvalue weighted by Gasteiger charge is 2.29. The van der Waals surface area contributed by atoms with E-state index >= 15 is 0 Å². The van der Waals surface area contributed by atoms with Crippen LogP contribution in [0.3, 0.4) is 0 Å². The molecule has 0 aliphatic carbocycles.